The van der Waals surface area contributed by atoms with Crippen molar-refractivity contribution in [2.45, 2.75) is 69.0 Å². The standard InChI is InChI=1S/C31H34BrCl2N3O4S/c1-2-29(31(39)35-23-12-5-3-6-13-23)36(20-26-27(33)17-10-18-28(26)34)30(38)21-37(24-14-9-11-22(32)19-24)42(40,41)25-15-7-4-8-16-25/h4,7-11,14-19,23,29H,2-3,5-6,12-13,20-21H2,1H3,(H,35,39)/t29-/m1/s1. The zero-order valence-corrected chi connectivity index (χ0v) is 27.2. The first-order valence-corrected chi connectivity index (χ1v) is 17.0. The molecular weight excluding hydrogens is 661 g/mol. The first kappa shape index (κ1) is 32.3. The fourth-order valence-electron chi connectivity index (χ4n) is 5.20. The largest absolute Gasteiger partial charge is 0.352 e. The van der Waals surface area contributed by atoms with E-state index in [0.29, 0.717) is 32.2 Å². The molecule has 0 saturated heterocycles. The van der Waals surface area contributed by atoms with Crippen LogP contribution in [0.1, 0.15) is 51.0 Å². The highest BCUT2D eigenvalue weighted by molar-refractivity contribution is 9.10. The minimum atomic E-state index is -4.15. The van der Waals surface area contributed by atoms with Gasteiger partial charge >= 0.3 is 0 Å². The summed E-state index contributed by atoms with van der Waals surface area (Å²) in [6, 6.07) is 18.9. The van der Waals surface area contributed by atoms with Crippen LogP contribution in [0.3, 0.4) is 0 Å². The molecule has 0 radical (unpaired) electrons. The summed E-state index contributed by atoms with van der Waals surface area (Å²) in [5.41, 5.74) is 0.787. The Morgan fingerprint density at radius 3 is 2.21 bits per heavy atom. The van der Waals surface area contributed by atoms with Crippen LogP contribution in [0.2, 0.25) is 10.0 Å². The summed E-state index contributed by atoms with van der Waals surface area (Å²) in [4.78, 5) is 29.4. The van der Waals surface area contributed by atoms with E-state index in [1.807, 2.05) is 6.92 Å². The number of rotatable bonds is 11. The van der Waals surface area contributed by atoms with Crippen LogP contribution >= 0.6 is 39.1 Å². The monoisotopic (exact) mass is 693 g/mol. The maximum Gasteiger partial charge on any atom is 0.264 e. The average Bonchev–Trinajstić information content (AvgIpc) is 2.98. The maximum atomic E-state index is 14.3. The Balaban J connectivity index is 1.73. The minimum absolute atomic E-state index is 0.0396. The molecule has 2 amide bonds. The van der Waals surface area contributed by atoms with Crippen LogP contribution < -0.4 is 9.62 Å². The number of sulfonamides is 1. The summed E-state index contributed by atoms with van der Waals surface area (Å²) in [6.45, 7) is 1.22. The second-order valence-corrected chi connectivity index (χ2v) is 13.9. The van der Waals surface area contributed by atoms with E-state index in [1.165, 1.54) is 17.0 Å². The van der Waals surface area contributed by atoms with Crippen molar-refractivity contribution in [1.29, 1.82) is 0 Å². The van der Waals surface area contributed by atoms with E-state index < -0.39 is 28.5 Å². The normalized spacial score (nSPS) is 14.7. The van der Waals surface area contributed by atoms with Gasteiger partial charge in [0.15, 0.2) is 0 Å². The van der Waals surface area contributed by atoms with Crippen LogP contribution in [-0.2, 0) is 26.2 Å². The Kier molecular flexibility index (Phi) is 11.3. The molecule has 0 spiro atoms. The van der Waals surface area contributed by atoms with Gasteiger partial charge in [0, 0.05) is 32.7 Å². The van der Waals surface area contributed by atoms with E-state index in [4.69, 9.17) is 23.2 Å². The first-order valence-electron chi connectivity index (χ1n) is 14.0. The second kappa shape index (κ2) is 14.7. The molecule has 0 aliphatic heterocycles. The number of carbonyl (C=O) groups excluding carboxylic acids is 2. The number of nitrogens with zero attached hydrogens (tertiary/aromatic N) is 2. The number of hydrogen-bond donors (Lipinski definition) is 1. The van der Waals surface area contributed by atoms with Gasteiger partial charge in [-0.05, 0) is 61.7 Å². The lowest BCUT2D eigenvalue weighted by Crippen LogP contribution is -2.54. The van der Waals surface area contributed by atoms with Crippen molar-refractivity contribution in [2.24, 2.45) is 0 Å². The van der Waals surface area contributed by atoms with Crippen molar-refractivity contribution in [3.05, 3.63) is 92.9 Å². The summed E-state index contributed by atoms with van der Waals surface area (Å²) in [5, 5.41) is 3.83. The Hall–Kier alpha value is -2.59. The zero-order valence-electron chi connectivity index (χ0n) is 23.3. The van der Waals surface area contributed by atoms with Gasteiger partial charge < -0.3 is 10.2 Å². The predicted molar refractivity (Wildman–Crippen MR) is 171 cm³/mol. The van der Waals surface area contributed by atoms with E-state index in [0.717, 1.165) is 36.4 Å². The van der Waals surface area contributed by atoms with Gasteiger partial charge in [-0.3, -0.25) is 13.9 Å². The summed E-state index contributed by atoms with van der Waals surface area (Å²) < 4.78 is 29.6. The van der Waals surface area contributed by atoms with Crippen molar-refractivity contribution >= 4 is 66.7 Å². The third-order valence-corrected chi connectivity index (χ3v) is 10.4. The molecule has 11 heteroatoms. The second-order valence-electron chi connectivity index (χ2n) is 10.3. The van der Waals surface area contributed by atoms with Crippen LogP contribution in [-0.4, -0.2) is 43.8 Å². The molecule has 7 nitrogen and oxygen atoms in total. The van der Waals surface area contributed by atoms with Gasteiger partial charge in [-0.1, -0.05) is 95.6 Å². The van der Waals surface area contributed by atoms with Crippen molar-refractivity contribution in [3.8, 4) is 0 Å². The van der Waals surface area contributed by atoms with Crippen molar-refractivity contribution in [2.75, 3.05) is 10.8 Å². The van der Waals surface area contributed by atoms with Crippen molar-refractivity contribution < 1.29 is 18.0 Å². The highest BCUT2D eigenvalue weighted by atomic mass is 79.9. The maximum absolute atomic E-state index is 14.3. The third kappa shape index (κ3) is 7.86. The Bertz CT molecular complexity index is 1480. The molecule has 1 saturated carbocycles. The molecule has 0 aromatic heterocycles. The van der Waals surface area contributed by atoms with Crippen LogP contribution in [0.4, 0.5) is 5.69 Å². The average molecular weight is 696 g/mol. The summed E-state index contributed by atoms with van der Waals surface area (Å²) >= 11 is 16.4. The predicted octanol–water partition coefficient (Wildman–Crippen LogP) is 7.21. The highest BCUT2D eigenvalue weighted by Crippen LogP contribution is 2.30. The summed E-state index contributed by atoms with van der Waals surface area (Å²) in [5.74, 6) is -0.836. The molecule has 42 heavy (non-hydrogen) atoms. The Labute approximate surface area is 266 Å². The number of hydrogen-bond acceptors (Lipinski definition) is 4. The molecule has 1 N–H and O–H groups in total. The molecule has 0 heterocycles. The topological polar surface area (TPSA) is 86.8 Å². The molecule has 224 valence electrons. The van der Waals surface area contributed by atoms with Crippen LogP contribution in [0.5, 0.6) is 0 Å². The minimum Gasteiger partial charge on any atom is -0.352 e. The van der Waals surface area contributed by atoms with Crippen LogP contribution in [0.15, 0.2) is 82.2 Å². The van der Waals surface area contributed by atoms with Crippen molar-refractivity contribution in [3.63, 3.8) is 0 Å². The molecule has 1 atom stereocenters. The lowest BCUT2D eigenvalue weighted by atomic mass is 9.95. The van der Waals surface area contributed by atoms with Gasteiger partial charge in [0.2, 0.25) is 11.8 Å². The molecule has 4 rings (SSSR count). The number of halogens is 3. The van der Waals surface area contributed by atoms with Gasteiger partial charge in [0.05, 0.1) is 10.6 Å². The molecule has 1 aliphatic rings. The van der Waals surface area contributed by atoms with Gasteiger partial charge in [0.25, 0.3) is 10.0 Å². The lowest BCUT2D eigenvalue weighted by Gasteiger charge is -2.34. The van der Waals surface area contributed by atoms with E-state index in [9.17, 15) is 18.0 Å². The Morgan fingerprint density at radius 1 is 0.952 bits per heavy atom. The van der Waals surface area contributed by atoms with E-state index in [2.05, 4.69) is 21.2 Å². The van der Waals surface area contributed by atoms with E-state index >= 15 is 0 Å². The Morgan fingerprint density at radius 2 is 1.60 bits per heavy atom. The summed E-state index contributed by atoms with van der Waals surface area (Å²) in [6.07, 6.45) is 5.31. The van der Waals surface area contributed by atoms with Crippen LogP contribution in [0, 0.1) is 0 Å². The highest BCUT2D eigenvalue weighted by Gasteiger charge is 2.35. The first-order chi connectivity index (χ1) is 20.1. The molecule has 1 fully saturated rings. The van der Waals surface area contributed by atoms with Gasteiger partial charge in [-0.2, -0.15) is 0 Å². The van der Waals surface area contributed by atoms with Gasteiger partial charge in [-0.25, -0.2) is 8.42 Å². The lowest BCUT2D eigenvalue weighted by molar-refractivity contribution is -0.140. The van der Waals surface area contributed by atoms with E-state index in [1.54, 1.807) is 60.7 Å². The fourth-order valence-corrected chi connectivity index (χ4v) is 7.53. The van der Waals surface area contributed by atoms with Crippen molar-refractivity contribution in [1.82, 2.24) is 10.2 Å². The number of amides is 2. The number of benzene rings is 3. The number of carbonyl (C=O) groups is 2. The molecule has 3 aromatic carbocycles. The number of nitrogens with one attached hydrogen (secondary N) is 1. The van der Waals surface area contributed by atoms with Gasteiger partial charge in [-0.15, -0.1) is 0 Å². The molecule has 1 aliphatic carbocycles. The molecule has 3 aromatic rings. The molecule has 0 bridgehead atoms. The molecular formula is C31H34BrCl2N3O4S. The number of anilines is 1. The third-order valence-electron chi connectivity index (χ3n) is 7.43. The fraction of sp³-hybridized carbons (Fsp3) is 0.355. The zero-order chi connectivity index (χ0) is 30.3. The SMILES string of the molecule is CC[C@H](C(=O)NC1CCCCC1)N(Cc1c(Cl)cccc1Cl)C(=O)CN(c1cccc(Br)c1)S(=O)(=O)c1ccccc1. The molecule has 0 unspecified atom stereocenters. The van der Waals surface area contributed by atoms with E-state index in [-0.39, 0.29) is 23.4 Å². The van der Waals surface area contributed by atoms with Crippen LogP contribution in [0.25, 0.3) is 0 Å². The van der Waals surface area contributed by atoms with Gasteiger partial charge in [0.1, 0.15) is 12.6 Å². The summed E-state index contributed by atoms with van der Waals surface area (Å²) in [7, 11) is -4.15. The quantitative estimate of drug-likeness (QED) is 0.230. The smallest absolute Gasteiger partial charge is 0.264 e.